The van der Waals surface area contributed by atoms with Gasteiger partial charge in [0.25, 0.3) is 0 Å². The van der Waals surface area contributed by atoms with Crippen molar-refractivity contribution in [3.63, 3.8) is 0 Å². The van der Waals surface area contributed by atoms with Gasteiger partial charge in [-0.05, 0) is 18.3 Å². The molecular formula is C15H18F2N6S. The van der Waals surface area contributed by atoms with Gasteiger partial charge < -0.3 is 10.6 Å². The zero-order chi connectivity index (χ0) is 17.5. The first kappa shape index (κ1) is 18.0. The number of nitrogens with one attached hydrogen (secondary N) is 1. The normalized spacial score (nSPS) is 15.5. The van der Waals surface area contributed by atoms with Crippen LogP contribution in [0.3, 0.4) is 0 Å². The highest BCUT2D eigenvalue weighted by atomic mass is 32.1. The number of benzene rings is 1. The van der Waals surface area contributed by atoms with Gasteiger partial charge in [-0.3, -0.25) is 10.3 Å². The Hall–Kier alpha value is -2.31. The Morgan fingerprint density at radius 2 is 2.04 bits per heavy atom. The highest BCUT2D eigenvalue weighted by Gasteiger charge is 2.20. The van der Waals surface area contributed by atoms with Gasteiger partial charge in [-0.25, -0.2) is 8.78 Å². The second kappa shape index (κ2) is 8.52. The van der Waals surface area contributed by atoms with Crippen LogP contribution in [0.2, 0.25) is 0 Å². The van der Waals surface area contributed by atoms with Crippen LogP contribution >= 0.6 is 12.2 Å². The van der Waals surface area contributed by atoms with Crippen molar-refractivity contribution in [1.82, 2.24) is 10.3 Å². The average Bonchev–Trinajstić information content (AvgIpc) is 2.56. The van der Waals surface area contributed by atoms with Crippen LogP contribution in [0.5, 0.6) is 0 Å². The third-order valence-electron chi connectivity index (χ3n) is 3.70. The molecule has 1 heterocycles. The first-order valence-electron chi connectivity index (χ1n) is 7.43. The maximum absolute atomic E-state index is 14.3. The molecule has 1 aliphatic rings. The molecule has 0 unspecified atom stereocenters. The summed E-state index contributed by atoms with van der Waals surface area (Å²) in [7, 11) is 0. The number of hydrogen-bond donors (Lipinski definition) is 2. The van der Waals surface area contributed by atoms with E-state index in [4.69, 9.17) is 11.0 Å². The molecule has 0 aliphatic carbocycles. The second-order valence-electron chi connectivity index (χ2n) is 5.30. The molecule has 0 amide bonds. The minimum atomic E-state index is -0.577. The Kier molecular flexibility index (Phi) is 6.40. The summed E-state index contributed by atoms with van der Waals surface area (Å²) in [6.45, 7) is 3.29. The highest BCUT2D eigenvalue weighted by molar-refractivity contribution is 7.80. The number of anilines is 1. The van der Waals surface area contributed by atoms with E-state index in [-0.39, 0.29) is 16.4 Å². The smallest absolute Gasteiger partial charge is 0.184 e. The van der Waals surface area contributed by atoms with Crippen LogP contribution in [-0.4, -0.2) is 49.0 Å². The largest absolute Gasteiger partial charge is 0.375 e. The Labute approximate surface area is 144 Å². The first-order chi connectivity index (χ1) is 11.5. The number of halogens is 2. The molecule has 9 heteroatoms. The Morgan fingerprint density at radius 3 is 2.67 bits per heavy atom. The van der Waals surface area contributed by atoms with Gasteiger partial charge in [0.15, 0.2) is 5.11 Å². The van der Waals surface area contributed by atoms with E-state index in [9.17, 15) is 8.78 Å². The Morgan fingerprint density at radius 1 is 1.33 bits per heavy atom. The topological polar surface area (TPSA) is 80.7 Å². The van der Waals surface area contributed by atoms with Gasteiger partial charge >= 0.3 is 0 Å². The minimum Gasteiger partial charge on any atom is -0.375 e. The van der Waals surface area contributed by atoms with Crippen molar-refractivity contribution < 1.29 is 8.78 Å². The van der Waals surface area contributed by atoms with Crippen LogP contribution in [0, 0.1) is 23.0 Å². The van der Waals surface area contributed by atoms with Crippen LogP contribution in [0.15, 0.2) is 17.2 Å². The van der Waals surface area contributed by atoms with Crippen LogP contribution < -0.4 is 16.1 Å². The molecule has 128 valence electrons. The average molecular weight is 352 g/mol. The van der Waals surface area contributed by atoms with Crippen molar-refractivity contribution in [3.8, 4) is 6.07 Å². The standard InChI is InChI=1S/C15H18F2N6S/c16-12-9-14(13(17)8-11(12)10-20-21-15(19)24)23-6-4-22(5-7-23)3-1-2-18/h8-10H,1,3-7H2,(H3,19,21,24)/b20-10+. The molecule has 0 saturated carbocycles. The summed E-state index contributed by atoms with van der Waals surface area (Å²) < 4.78 is 28.4. The fraction of sp³-hybridized carbons (Fsp3) is 0.400. The molecule has 0 radical (unpaired) electrons. The monoisotopic (exact) mass is 352 g/mol. The SMILES string of the molecule is N#CCCN1CCN(c2cc(F)c(/C=N/NC(N)=S)cc2F)CC1. The van der Waals surface area contributed by atoms with E-state index >= 15 is 0 Å². The molecule has 1 aromatic rings. The first-order valence-corrected chi connectivity index (χ1v) is 7.84. The number of hydrazone groups is 1. The lowest BCUT2D eigenvalue weighted by Gasteiger charge is -2.35. The summed E-state index contributed by atoms with van der Waals surface area (Å²) in [6.07, 6.45) is 1.60. The van der Waals surface area contributed by atoms with Crippen molar-refractivity contribution in [2.24, 2.45) is 10.8 Å². The fourth-order valence-electron chi connectivity index (χ4n) is 2.48. The van der Waals surface area contributed by atoms with Gasteiger partial charge in [-0.15, -0.1) is 0 Å². The van der Waals surface area contributed by atoms with Gasteiger partial charge in [-0.2, -0.15) is 10.4 Å². The molecule has 0 aromatic heterocycles. The summed E-state index contributed by atoms with van der Waals surface area (Å²) >= 11 is 4.57. The summed E-state index contributed by atoms with van der Waals surface area (Å²) in [5.74, 6) is -1.09. The predicted molar refractivity (Wildman–Crippen MR) is 92.8 cm³/mol. The predicted octanol–water partition coefficient (Wildman–Crippen LogP) is 1.17. The van der Waals surface area contributed by atoms with E-state index in [2.05, 4.69) is 33.7 Å². The van der Waals surface area contributed by atoms with Crippen molar-refractivity contribution >= 4 is 29.2 Å². The minimum absolute atomic E-state index is 0.00709. The Bertz CT molecular complexity index is 665. The van der Waals surface area contributed by atoms with Gasteiger partial charge in [0, 0.05) is 50.8 Å². The zero-order valence-corrected chi connectivity index (χ0v) is 13.8. The third-order valence-corrected chi connectivity index (χ3v) is 3.79. The van der Waals surface area contributed by atoms with E-state index in [1.165, 1.54) is 6.07 Å². The number of nitrogens with zero attached hydrogens (tertiary/aromatic N) is 4. The molecule has 0 bridgehead atoms. The van der Waals surface area contributed by atoms with E-state index in [0.29, 0.717) is 39.1 Å². The van der Waals surface area contributed by atoms with Gasteiger partial charge in [0.2, 0.25) is 0 Å². The molecule has 2 rings (SSSR count). The van der Waals surface area contributed by atoms with Crippen LogP contribution in [0.4, 0.5) is 14.5 Å². The van der Waals surface area contributed by atoms with Crippen LogP contribution in [-0.2, 0) is 0 Å². The van der Waals surface area contributed by atoms with Crippen molar-refractivity contribution in [2.75, 3.05) is 37.6 Å². The number of nitrogens with two attached hydrogens (primary N) is 1. The number of hydrogen-bond acceptors (Lipinski definition) is 5. The van der Waals surface area contributed by atoms with E-state index in [1.807, 2.05) is 0 Å². The molecule has 1 fully saturated rings. The van der Waals surface area contributed by atoms with Crippen molar-refractivity contribution in [1.29, 1.82) is 5.26 Å². The third kappa shape index (κ3) is 4.84. The van der Waals surface area contributed by atoms with E-state index < -0.39 is 11.6 Å². The lowest BCUT2D eigenvalue weighted by atomic mass is 10.1. The molecule has 1 aromatic carbocycles. The molecule has 0 atom stereocenters. The van der Waals surface area contributed by atoms with E-state index in [1.54, 1.807) is 4.90 Å². The summed E-state index contributed by atoms with van der Waals surface area (Å²) in [5, 5.41) is 12.2. The maximum Gasteiger partial charge on any atom is 0.184 e. The van der Waals surface area contributed by atoms with Crippen LogP contribution in [0.25, 0.3) is 0 Å². The number of rotatable bonds is 5. The van der Waals surface area contributed by atoms with Gasteiger partial charge in [0.1, 0.15) is 11.6 Å². The molecule has 3 N–H and O–H groups in total. The lowest BCUT2D eigenvalue weighted by Crippen LogP contribution is -2.46. The molecular weight excluding hydrogens is 334 g/mol. The quantitative estimate of drug-likeness (QED) is 0.470. The van der Waals surface area contributed by atoms with Gasteiger partial charge in [0.05, 0.1) is 18.0 Å². The molecule has 1 aliphatic heterocycles. The summed E-state index contributed by atoms with van der Waals surface area (Å²) in [4.78, 5) is 3.94. The zero-order valence-electron chi connectivity index (χ0n) is 13.0. The second-order valence-corrected chi connectivity index (χ2v) is 5.74. The maximum atomic E-state index is 14.3. The number of nitriles is 1. The Balaban J connectivity index is 2.04. The van der Waals surface area contributed by atoms with E-state index in [0.717, 1.165) is 12.3 Å². The molecule has 24 heavy (non-hydrogen) atoms. The molecule has 0 spiro atoms. The van der Waals surface area contributed by atoms with Crippen LogP contribution in [0.1, 0.15) is 12.0 Å². The number of thiocarbonyl (C=S) groups is 1. The summed E-state index contributed by atoms with van der Waals surface area (Å²) in [5.41, 5.74) is 7.72. The van der Waals surface area contributed by atoms with Crippen molar-refractivity contribution in [3.05, 3.63) is 29.3 Å². The van der Waals surface area contributed by atoms with Crippen molar-refractivity contribution in [2.45, 2.75) is 6.42 Å². The lowest BCUT2D eigenvalue weighted by molar-refractivity contribution is 0.263. The molecule has 6 nitrogen and oxygen atoms in total. The number of piperazine rings is 1. The molecule has 1 saturated heterocycles. The van der Waals surface area contributed by atoms with Gasteiger partial charge in [-0.1, -0.05) is 0 Å². The fourth-order valence-corrected chi connectivity index (χ4v) is 2.53. The summed E-state index contributed by atoms with van der Waals surface area (Å²) in [6, 6.07) is 4.37. The highest BCUT2D eigenvalue weighted by Crippen LogP contribution is 2.24.